The van der Waals surface area contributed by atoms with Crippen LogP contribution in [0.4, 0.5) is 11.6 Å². The number of hydrogen-bond donors (Lipinski definition) is 1. The number of anilines is 2. The van der Waals surface area contributed by atoms with E-state index >= 15 is 0 Å². The second kappa shape index (κ2) is 10.8. The molecule has 5 rings (SSSR count). The Morgan fingerprint density at radius 2 is 1.69 bits per heavy atom. The van der Waals surface area contributed by atoms with E-state index in [1.807, 2.05) is 32.9 Å². The Kier molecular flexibility index (Phi) is 7.48. The number of nitrogens with one attached hydrogen (secondary N) is 1. The predicted molar refractivity (Wildman–Crippen MR) is 146 cm³/mol. The average molecular weight is 556 g/mol. The molecule has 3 heterocycles. The minimum atomic E-state index is -0.718. The van der Waals surface area contributed by atoms with Crippen LogP contribution in [0.1, 0.15) is 32.8 Å². The summed E-state index contributed by atoms with van der Waals surface area (Å²) in [5, 5.41) is 7.52. The highest BCUT2D eigenvalue weighted by Gasteiger charge is 2.38. The molecule has 1 aromatic heterocycles. The van der Waals surface area contributed by atoms with Gasteiger partial charge in [-0.2, -0.15) is 4.98 Å². The van der Waals surface area contributed by atoms with Crippen LogP contribution < -0.4 is 21.4 Å². The molecule has 0 radical (unpaired) electrons. The number of benzene rings is 2. The third kappa shape index (κ3) is 6.49. The number of halogens is 1. The Bertz CT molecular complexity index is 1470. The number of rotatable bonds is 7. The fraction of sp³-hybridized carbons (Fsp3) is 0.407. The molecule has 2 aliphatic heterocycles. The summed E-state index contributed by atoms with van der Waals surface area (Å²) in [5.41, 5.74) is -0.323. The van der Waals surface area contributed by atoms with Crippen molar-refractivity contribution in [1.82, 2.24) is 14.1 Å². The molecule has 1 fully saturated rings. The van der Waals surface area contributed by atoms with E-state index in [2.05, 4.69) is 15.5 Å². The smallest absolute Gasteiger partial charge is 0.354 e. The number of oxime groups is 1. The zero-order valence-corrected chi connectivity index (χ0v) is 22.7. The first-order valence-corrected chi connectivity index (χ1v) is 12.9. The van der Waals surface area contributed by atoms with Gasteiger partial charge in [0.05, 0.1) is 26.2 Å². The largest absolute Gasteiger partial charge is 0.440 e. The molecular formula is C27H30ClN5O6. The van der Waals surface area contributed by atoms with E-state index in [0.29, 0.717) is 48.6 Å². The van der Waals surface area contributed by atoms with Crippen LogP contribution in [-0.4, -0.2) is 45.6 Å². The molecule has 1 N–H and O–H groups in total. The summed E-state index contributed by atoms with van der Waals surface area (Å²) in [6.45, 7) is 6.99. The van der Waals surface area contributed by atoms with E-state index in [0.717, 1.165) is 10.1 Å². The normalized spacial score (nSPS) is 17.8. The van der Waals surface area contributed by atoms with Crippen molar-refractivity contribution in [2.45, 2.75) is 46.1 Å². The van der Waals surface area contributed by atoms with Crippen LogP contribution in [0.15, 0.2) is 63.3 Å². The first-order chi connectivity index (χ1) is 18.6. The Morgan fingerprint density at radius 3 is 2.33 bits per heavy atom. The maximum atomic E-state index is 13.8. The first-order valence-electron chi connectivity index (χ1n) is 12.6. The van der Waals surface area contributed by atoms with Crippen LogP contribution in [0.3, 0.4) is 0 Å². The third-order valence-corrected chi connectivity index (χ3v) is 6.65. The van der Waals surface area contributed by atoms with Crippen LogP contribution in [0.2, 0.25) is 5.02 Å². The highest BCUT2D eigenvalue weighted by atomic mass is 35.5. The number of ether oxygens (including phenoxy) is 3. The maximum absolute atomic E-state index is 13.8. The molecule has 0 aliphatic carbocycles. The molecule has 0 spiro atoms. The van der Waals surface area contributed by atoms with Crippen molar-refractivity contribution in [3.8, 4) is 5.75 Å². The van der Waals surface area contributed by atoms with Gasteiger partial charge in [0.25, 0.3) is 0 Å². The maximum Gasteiger partial charge on any atom is 0.354 e. The van der Waals surface area contributed by atoms with Gasteiger partial charge in [-0.1, -0.05) is 35.8 Å². The average Bonchev–Trinajstić information content (AvgIpc) is 3.42. The monoisotopic (exact) mass is 555 g/mol. The number of aromatic nitrogens is 3. The van der Waals surface area contributed by atoms with Crippen LogP contribution >= 0.6 is 11.6 Å². The molecule has 0 atom stereocenters. The van der Waals surface area contributed by atoms with E-state index in [4.69, 9.17) is 30.6 Å². The van der Waals surface area contributed by atoms with Crippen molar-refractivity contribution < 1.29 is 19.0 Å². The fourth-order valence-electron chi connectivity index (χ4n) is 4.16. The van der Waals surface area contributed by atoms with Gasteiger partial charge in [0.2, 0.25) is 11.8 Å². The van der Waals surface area contributed by atoms with Crippen molar-refractivity contribution in [2.75, 3.05) is 25.1 Å². The van der Waals surface area contributed by atoms with Gasteiger partial charge >= 0.3 is 11.4 Å². The summed E-state index contributed by atoms with van der Waals surface area (Å²) in [5.74, 6) is 0.481. The van der Waals surface area contributed by atoms with Gasteiger partial charge < -0.3 is 24.4 Å². The summed E-state index contributed by atoms with van der Waals surface area (Å²) >= 11 is 6.05. The summed E-state index contributed by atoms with van der Waals surface area (Å²) in [4.78, 5) is 36.1. The molecule has 3 aromatic rings. The Balaban J connectivity index is 1.45. The first kappa shape index (κ1) is 26.9. The fourth-order valence-corrected chi connectivity index (χ4v) is 4.29. The second-order valence-corrected chi connectivity index (χ2v) is 10.8. The van der Waals surface area contributed by atoms with Crippen LogP contribution in [0.5, 0.6) is 5.75 Å². The molecule has 206 valence electrons. The van der Waals surface area contributed by atoms with Crippen LogP contribution in [-0.2, 0) is 27.4 Å². The standard InChI is InChI=1S/C27H30ClN5O6/c1-26(2)36-16-27(3,17-37-26)15-33-24(34)30-23(32(25(33)35)14-18-4-6-19(28)7-5-18)29-20-8-10-21(11-9-20)39-22-12-13-38-31-22/h4-11H,12-17H2,1-3H3,(H,29,30,34). The van der Waals surface area contributed by atoms with Crippen molar-refractivity contribution in [2.24, 2.45) is 10.6 Å². The van der Waals surface area contributed by atoms with E-state index < -0.39 is 22.6 Å². The van der Waals surface area contributed by atoms with Gasteiger partial charge in [-0.3, -0.25) is 4.57 Å². The summed E-state index contributed by atoms with van der Waals surface area (Å²) in [6, 6.07) is 14.1. The van der Waals surface area contributed by atoms with Gasteiger partial charge in [-0.05, 0) is 55.8 Å². The van der Waals surface area contributed by atoms with E-state index in [9.17, 15) is 9.59 Å². The molecule has 1 saturated heterocycles. The van der Waals surface area contributed by atoms with Crippen LogP contribution in [0, 0.1) is 5.41 Å². The zero-order chi connectivity index (χ0) is 27.6. The minimum Gasteiger partial charge on any atom is -0.440 e. The third-order valence-electron chi connectivity index (χ3n) is 6.40. The highest BCUT2D eigenvalue weighted by Crippen LogP contribution is 2.30. The SMILES string of the molecule is CC1(Cn2c(=O)nc(Nc3ccc(OC4=NOCC4)cc3)n(Cc3ccc(Cl)cc3)c2=O)COC(C)(C)OC1. The molecule has 11 nitrogen and oxygen atoms in total. The van der Waals surface area contributed by atoms with Gasteiger partial charge in [0, 0.05) is 22.7 Å². The molecule has 2 aromatic carbocycles. The molecule has 39 heavy (non-hydrogen) atoms. The van der Waals surface area contributed by atoms with Gasteiger partial charge in [-0.15, -0.1) is 0 Å². The highest BCUT2D eigenvalue weighted by molar-refractivity contribution is 6.30. The zero-order valence-electron chi connectivity index (χ0n) is 22.0. The molecule has 0 unspecified atom stereocenters. The lowest BCUT2D eigenvalue weighted by atomic mass is 9.91. The molecule has 12 heteroatoms. The van der Waals surface area contributed by atoms with Crippen molar-refractivity contribution in [3.63, 3.8) is 0 Å². The van der Waals surface area contributed by atoms with Crippen molar-refractivity contribution in [3.05, 3.63) is 80.1 Å². The molecule has 0 saturated carbocycles. The predicted octanol–water partition coefficient (Wildman–Crippen LogP) is 3.75. The molecular weight excluding hydrogens is 526 g/mol. The van der Waals surface area contributed by atoms with Crippen LogP contribution in [0.25, 0.3) is 0 Å². The van der Waals surface area contributed by atoms with Crippen molar-refractivity contribution >= 4 is 29.1 Å². The van der Waals surface area contributed by atoms with E-state index in [-0.39, 0.29) is 19.0 Å². The second-order valence-electron chi connectivity index (χ2n) is 10.4. The van der Waals surface area contributed by atoms with Gasteiger partial charge in [0.1, 0.15) is 12.4 Å². The lowest BCUT2D eigenvalue weighted by Gasteiger charge is -2.41. The number of hydrogen-bond acceptors (Lipinski definition) is 9. The summed E-state index contributed by atoms with van der Waals surface area (Å²) in [6.07, 6.45) is 0.603. The molecule has 0 bridgehead atoms. The molecule has 2 aliphatic rings. The Labute approximate surface area is 229 Å². The lowest BCUT2D eigenvalue weighted by molar-refractivity contribution is -0.284. The minimum absolute atomic E-state index is 0.0915. The number of nitrogens with zero attached hydrogens (tertiary/aromatic N) is 4. The Hall–Kier alpha value is -3.67. The van der Waals surface area contributed by atoms with Crippen molar-refractivity contribution in [1.29, 1.82) is 0 Å². The van der Waals surface area contributed by atoms with E-state index in [1.165, 1.54) is 4.57 Å². The van der Waals surface area contributed by atoms with Gasteiger partial charge in [0.15, 0.2) is 5.79 Å². The quantitative estimate of drug-likeness (QED) is 0.468. The molecule has 0 amide bonds. The Morgan fingerprint density at radius 1 is 1.00 bits per heavy atom. The summed E-state index contributed by atoms with van der Waals surface area (Å²) in [7, 11) is 0. The van der Waals surface area contributed by atoms with E-state index in [1.54, 1.807) is 36.4 Å². The summed E-state index contributed by atoms with van der Waals surface area (Å²) < 4.78 is 19.9. The topological polar surface area (TPSA) is 118 Å². The van der Waals surface area contributed by atoms with Gasteiger partial charge in [-0.25, -0.2) is 14.2 Å². The lowest BCUT2D eigenvalue weighted by Crippen LogP contribution is -2.51.